The van der Waals surface area contributed by atoms with Crippen molar-refractivity contribution in [2.24, 2.45) is 0 Å². The summed E-state index contributed by atoms with van der Waals surface area (Å²) in [5, 5.41) is 22.9. The summed E-state index contributed by atoms with van der Waals surface area (Å²) in [5.74, 6) is -0.0652. The molecule has 0 rings (SSSR count). The molecular weight excluding hydrogens is 518 g/mol. The molecule has 0 aromatic heterocycles. The van der Waals surface area contributed by atoms with Crippen LogP contribution in [-0.2, 0) is 4.79 Å². The summed E-state index contributed by atoms with van der Waals surface area (Å²) < 4.78 is 0. The maximum absolute atomic E-state index is 12.3. The van der Waals surface area contributed by atoms with E-state index < -0.39 is 12.1 Å². The standard InChI is InChI=1S/C38H75NO3/c1-3-5-7-9-11-13-15-16-17-18-19-20-21-22-23-24-25-27-29-31-33-37(41)36(35-40)39-38(42)34-32-30-28-26-14-12-10-8-6-4-2/h31,33,36-37,40-41H,3-30,32,34-35H2,1-2H3,(H,39,42)/b33-31+. The predicted molar refractivity (Wildman–Crippen MR) is 184 cm³/mol. The topological polar surface area (TPSA) is 69.6 Å². The summed E-state index contributed by atoms with van der Waals surface area (Å²) in [7, 11) is 0. The zero-order valence-electron chi connectivity index (χ0n) is 28.5. The normalized spacial score (nSPS) is 13.1. The number of aliphatic hydroxyl groups excluding tert-OH is 2. The van der Waals surface area contributed by atoms with Gasteiger partial charge in [0.15, 0.2) is 0 Å². The highest BCUT2D eigenvalue weighted by atomic mass is 16.3. The smallest absolute Gasteiger partial charge is 0.220 e. The van der Waals surface area contributed by atoms with Gasteiger partial charge in [0, 0.05) is 6.42 Å². The third kappa shape index (κ3) is 30.6. The van der Waals surface area contributed by atoms with Crippen molar-refractivity contribution in [3.05, 3.63) is 12.2 Å². The lowest BCUT2D eigenvalue weighted by molar-refractivity contribution is -0.123. The van der Waals surface area contributed by atoms with Crippen LogP contribution in [0, 0.1) is 0 Å². The molecule has 4 nitrogen and oxygen atoms in total. The molecule has 4 heteroatoms. The molecule has 0 fully saturated rings. The van der Waals surface area contributed by atoms with Crippen molar-refractivity contribution < 1.29 is 15.0 Å². The zero-order chi connectivity index (χ0) is 30.8. The number of hydrogen-bond donors (Lipinski definition) is 3. The fraction of sp³-hybridized carbons (Fsp3) is 0.921. The van der Waals surface area contributed by atoms with Gasteiger partial charge in [-0.2, -0.15) is 0 Å². The van der Waals surface area contributed by atoms with Crippen LogP contribution in [-0.4, -0.2) is 34.9 Å². The van der Waals surface area contributed by atoms with Crippen molar-refractivity contribution in [3.8, 4) is 0 Å². The first-order valence-electron chi connectivity index (χ1n) is 18.9. The molecule has 0 heterocycles. The maximum Gasteiger partial charge on any atom is 0.220 e. The van der Waals surface area contributed by atoms with Crippen LogP contribution in [0.1, 0.15) is 206 Å². The highest BCUT2D eigenvalue weighted by Gasteiger charge is 2.17. The number of carbonyl (C=O) groups excluding carboxylic acids is 1. The number of unbranched alkanes of at least 4 members (excludes halogenated alkanes) is 27. The summed E-state index contributed by atoms with van der Waals surface area (Å²) in [5.41, 5.74) is 0. The van der Waals surface area contributed by atoms with Crippen LogP contribution in [0.3, 0.4) is 0 Å². The van der Waals surface area contributed by atoms with Crippen LogP contribution in [0.5, 0.6) is 0 Å². The summed E-state index contributed by atoms with van der Waals surface area (Å²) >= 11 is 0. The quantitative estimate of drug-likeness (QED) is 0.0513. The van der Waals surface area contributed by atoms with Crippen LogP contribution < -0.4 is 5.32 Å². The van der Waals surface area contributed by atoms with E-state index >= 15 is 0 Å². The molecule has 0 radical (unpaired) electrons. The molecule has 0 aliphatic carbocycles. The van der Waals surface area contributed by atoms with E-state index in [-0.39, 0.29) is 12.5 Å². The highest BCUT2D eigenvalue weighted by Crippen LogP contribution is 2.15. The number of allylic oxidation sites excluding steroid dienone is 1. The van der Waals surface area contributed by atoms with Crippen LogP contribution in [0.25, 0.3) is 0 Å². The SMILES string of the molecule is CCCCCCCCCCCCCCCCCCCC/C=C/C(O)C(CO)NC(=O)CCCCCCCCCCCC. The Hall–Kier alpha value is -0.870. The summed E-state index contributed by atoms with van der Waals surface area (Å²) in [6.07, 6.45) is 41.6. The van der Waals surface area contributed by atoms with Gasteiger partial charge >= 0.3 is 0 Å². The highest BCUT2D eigenvalue weighted by molar-refractivity contribution is 5.76. The second-order valence-corrected chi connectivity index (χ2v) is 13.0. The predicted octanol–water partition coefficient (Wildman–Crippen LogP) is 11.1. The minimum absolute atomic E-state index is 0.0652. The number of rotatable bonds is 34. The lowest BCUT2D eigenvalue weighted by Gasteiger charge is -2.20. The molecule has 1 amide bonds. The molecule has 2 unspecified atom stereocenters. The Morgan fingerprint density at radius 2 is 0.881 bits per heavy atom. The van der Waals surface area contributed by atoms with Gasteiger partial charge < -0.3 is 15.5 Å². The Bertz CT molecular complexity index is 565. The van der Waals surface area contributed by atoms with Gasteiger partial charge in [0.1, 0.15) is 0 Å². The second kappa shape index (κ2) is 34.6. The Morgan fingerprint density at radius 3 is 1.24 bits per heavy atom. The van der Waals surface area contributed by atoms with Gasteiger partial charge in [0.05, 0.1) is 18.8 Å². The van der Waals surface area contributed by atoms with Crippen molar-refractivity contribution in [2.75, 3.05) is 6.61 Å². The first-order valence-corrected chi connectivity index (χ1v) is 18.9. The monoisotopic (exact) mass is 594 g/mol. The molecule has 0 saturated heterocycles. The second-order valence-electron chi connectivity index (χ2n) is 13.0. The van der Waals surface area contributed by atoms with Crippen LogP contribution in [0.2, 0.25) is 0 Å². The number of hydrogen-bond acceptors (Lipinski definition) is 3. The van der Waals surface area contributed by atoms with Gasteiger partial charge in [-0.15, -0.1) is 0 Å². The first-order chi connectivity index (χ1) is 20.7. The van der Waals surface area contributed by atoms with Gasteiger partial charge in [0.2, 0.25) is 5.91 Å². The van der Waals surface area contributed by atoms with E-state index in [1.165, 1.54) is 161 Å². The van der Waals surface area contributed by atoms with Crippen molar-refractivity contribution in [1.82, 2.24) is 5.32 Å². The number of nitrogens with one attached hydrogen (secondary N) is 1. The van der Waals surface area contributed by atoms with Gasteiger partial charge in [-0.1, -0.05) is 193 Å². The molecule has 0 saturated carbocycles. The Morgan fingerprint density at radius 1 is 0.548 bits per heavy atom. The summed E-state index contributed by atoms with van der Waals surface area (Å²) in [6, 6.07) is -0.614. The molecule has 0 aromatic carbocycles. The Kier molecular flexibility index (Phi) is 33.9. The molecule has 0 aliphatic rings. The van der Waals surface area contributed by atoms with E-state index in [4.69, 9.17) is 0 Å². The molecule has 0 aliphatic heterocycles. The lowest BCUT2D eigenvalue weighted by Crippen LogP contribution is -2.45. The van der Waals surface area contributed by atoms with Crippen LogP contribution in [0.15, 0.2) is 12.2 Å². The number of aliphatic hydroxyl groups is 2. The van der Waals surface area contributed by atoms with Crippen molar-refractivity contribution in [2.45, 2.75) is 219 Å². The summed E-state index contributed by atoms with van der Waals surface area (Å²) in [6.45, 7) is 4.30. The maximum atomic E-state index is 12.3. The van der Waals surface area contributed by atoms with Crippen molar-refractivity contribution >= 4 is 5.91 Å². The van der Waals surface area contributed by atoms with Gasteiger partial charge in [-0.05, 0) is 19.3 Å². The Labute approximate surface area is 263 Å². The summed E-state index contributed by atoms with van der Waals surface area (Å²) in [4.78, 5) is 12.3. The number of carbonyl (C=O) groups is 1. The zero-order valence-corrected chi connectivity index (χ0v) is 28.5. The molecule has 0 spiro atoms. The third-order valence-corrected chi connectivity index (χ3v) is 8.77. The first kappa shape index (κ1) is 41.1. The molecule has 2 atom stereocenters. The van der Waals surface area contributed by atoms with E-state index in [1.807, 2.05) is 6.08 Å². The van der Waals surface area contributed by atoms with E-state index in [0.717, 1.165) is 25.7 Å². The average Bonchev–Trinajstić information content (AvgIpc) is 2.99. The van der Waals surface area contributed by atoms with E-state index in [9.17, 15) is 15.0 Å². The minimum Gasteiger partial charge on any atom is -0.394 e. The fourth-order valence-electron chi connectivity index (χ4n) is 5.82. The van der Waals surface area contributed by atoms with E-state index in [2.05, 4.69) is 19.2 Å². The third-order valence-electron chi connectivity index (χ3n) is 8.77. The molecule has 250 valence electrons. The molecule has 42 heavy (non-hydrogen) atoms. The van der Waals surface area contributed by atoms with Crippen LogP contribution in [0.4, 0.5) is 0 Å². The van der Waals surface area contributed by atoms with Crippen molar-refractivity contribution in [1.29, 1.82) is 0 Å². The van der Waals surface area contributed by atoms with Crippen LogP contribution >= 0.6 is 0 Å². The van der Waals surface area contributed by atoms with Gasteiger partial charge in [0.25, 0.3) is 0 Å². The molecule has 0 aromatic rings. The molecule has 0 bridgehead atoms. The van der Waals surface area contributed by atoms with Crippen molar-refractivity contribution in [3.63, 3.8) is 0 Å². The minimum atomic E-state index is -0.831. The average molecular weight is 594 g/mol. The fourth-order valence-corrected chi connectivity index (χ4v) is 5.82. The van der Waals surface area contributed by atoms with Gasteiger partial charge in [-0.25, -0.2) is 0 Å². The van der Waals surface area contributed by atoms with E-state index in [0.29, 0.717) is 6.42 Å². The number of amides is 1. The largest absolute Gasteiger partial charge is 0.394 e. The Balaban J connectivity index is 3.55. The molecular formula is C38H75NO3. The lowest BCUT2D eigenvalue weighted by atomic mass is 10.0. The van der Waals surface area contributed by atoms with Gasteiger partial charge in [-0.3, -0.25) is 4.79 Å². The van der Waals surface area contributed by atoms with E-state index in [1.54, 1.807) is 6.08 Å². The molecule has 3 N–H and O–H groups in total.